The minimum Gasteiger partial charge on any atom is -0.477 e. The molecule has 0 atom stereocenters. The number of nitriles is 1. The van der Waals surface area contributed by atoms with Gasteiger partial charge in [-0.1, -0.05) is 55.1 Å². The molecule has 3 nitrogen and oxygen atoms in total. The Kier molecular flexibility index (Phi) is 4.33. The summed E-state index contributed by atoms with van der Waals surface area (Å²) in [5.41, 5.74) is -0.431. The zero-order valence-corrected chi connectivity index (χ0v) is 11.3. The van der Waals surface area contributed by atoms with Crippen molar-refractivity contribution in [2.24, 2.45) is 0 Å². The van der Waals surface area contributed by atoms with E-state index in [0.717, 1.165) is 0 Å². The molecule has 0 bridgehead atoms. The van der Waals surface area contributed by atoms with Crippen LogP contribution in [0.3, 0.4) is 0 Å². The SMILES string of the molecule is C=C(C#N)C(=O)O.c1ccc2cc3ccccc3cc2c1. The van der Waals surface area contributed by atoms with Gasteiger partial charge in [0.15, 0.2) is 0 Å². The van der Waals surface area contributed by atoms with Crippen molar-refractivity contribution in [1.29, 1.82) is 5.26 Å². The van der Waals surface area contributed by atoms with Gasteiger partial charge in [-0.05, 0) is 33.7 Å². The van der Waals surface area contributed by atoms with Gasteiger partial charge < -0.3 is 5.11 Å². The second kappa shape index (κ2) is 6.36. The maximum atomic E-state index is 9.61. The number of carbonyl (C=O) groups is 1. The van der Waals surface area contributed by atoms with E-state index >= 15 is 0 Å². The van der Waals surface area contributed by atoms with Crippen LogP contribution >= 0.6 is 0 Å². The molecule has 0 fully saturated rings. The Morgan fingerprint density at radius 1 is 0.905 bits per heavy atom. The standard InChI is InChI=1S/C14H10.C4H3NO2/c1-2-6-12-10-14-8-4-3-7-13(14)9-11(12)5-1;1-3(2-5)4(6)7/h1-10H;1H2,(H,6,7). The van der Waals surface area contributed by atoms with Crippen LogP contribution in [0.1, 0.15) is 0 Å². The van der Waals surface area contributed by atoms with E-state index in [1.165, 1.54) is 27.6 Å². The molecule has 0 saturated heterocycles. The van der Waals surface area contributed by atoms with Gasteiger partial charge in [0.1, 0.15) is 11.6 Å². The van der Waals surface area contributed by atoms with Gasteiger partial charge in [-0.25, -0.2) is 4.79 Å². The zero-order valence-electron chi connectivity index (χ0n) is 11.3. The monoisotopic (exact) mass is 275 g/mol. The Labute approximate surface area is 122 Å². The van der Waals surface area contributed by atoms with Crippen LogP contribution in [0.5, 0.6) is 0 Å². The quantitative estimate of drug-likeness (QED) is 0.412. The summed E-state index contributed by atoms with van der Waals surface area (Å²) in [6.45, 7) is 2.91. The van der Waals surface area contributed by atoms with E-state index in [9.17, 15) is 4.79 Å². The van der Waals surface area contributed by atoms with Gasteiger partial charge in [-0.2, -0.15) is 5.26 Å². The molecular weight excluding hydrogens is 262 g/mol. The first-order valence-electron chi connectivity index (χ1n) is 6.31. The van der Waals surface area contributed by atoms with Gasteiger partial charge in [-0.3, -0.25) is 0 Å². The van der Waals surface area contributed by atoms with Gasteiger partial charge in [0.05, 0.1) is 0 Å². The molecule has 0 aliphatic heterocycles. The van der Waals surface area contributed by atoms with E-state index in [4.69, 9.17) is 10.4 Å². The van der Waals surface area contributed by atoms with E-state index in [1.54, 1.807) is 0 Å². The highest BCUT2D eigenvalue weighted by molar-refractivity contribution is 5.98. The highest BCUT2D eigenvalue weighted by Gasteiger charge is 1.97. The number of aliphatic carboxylic acids is 1. The number of carboxylic acids is 1. The Hall–Kier alpha value is -3.12. The van der Waals surface area contributed by atoms with Crippen LogP contribution in [0, 0.1) is 11.3 Å². The fourth-order valence-electron chi connectivity index (χ4n) is 1.93. The van der Waals surface area contributed by atoms with Gasteiger partial charge in [0.2, 0.25) is 0 Å². The summed E-state index contributed by atoms with van der Waals surface area (Å²) in [5.74, 6) is -1.26. The molecule has 102 valence electrons. The van der Waals surface area contributed by atoms with Gasteiger partial charge in [0.25, 0.3) is 0 Å². The van der Waals surface area contributed by atoms with Crippen molar-refractivity contribution in [3.05, 3.63) is 72.8 Å². The molecule has 1 N–H and O–H groups in total. The van der Waals surface area contributed by atoms with E-state index in [0.29, 0.717) is 0 Å². The van der Waals surface area contributed by atoms with Crippen LogP contribution in [0.25, 0.3) is 21.5 Å². The van der Waals surface area contributed by atoms with Crippen molar-refractivity contribution in [3.63, 3.8) is 0 Å². The molecular formula is C18H13NO2. The molecule has 0 aliphatic rings. The van der Waals surface area contributed by atoms with Crippen LogP contribution in [0.15, 0.2) is 72.8 Å². The summed E-state index contributed by atoms with van der Waals surface area (Å²) in [6, 6.07) is 22.8. The molecule has 3 rings (SSSR count). The average Bonchev–Trinajstić information content (AvgIpc) is 2.52. The van der Waals surface area contributed by atoms with Crippen molar-refractivity contribution in [1.82, 2.24) is 0 Å². The number of hydrogen-bond donors (Lipinski definition) is 1. The van der Waals surface area contributed by atoms with Crippen LogP contribution in [0.4, 0.5) is 0 Å². The summed E-state index contributed by atoms with van der Waals surface area (Å²) in [5, 5.41) is 20.9. The first-order valence-corrected chi connectivity index (χ1v) is 6.31. The number of fused-ring (bicyclic) bond motifs is 2. The molecule has 0 spiro atoms. The molecule has 0 aliphatic carbocycles. The predicted molar refractivity (Wildman–Crippen MR) is 83.8 cm³/mol. The molecule has 0 radical (unpaired) electrons. The van der Waals surface area contributed by atoms with E-state index in [2.05, 4.69) is 67.2 Å². The highest BCUT2D eigenvalue weighted by atomic mass is 16.4. The van der Waals surface area contributed by atoms with E-state index in [1.807, 2.05) is 0 Å². The van der Waals surface area contributed by atoms with E-state index in [-0.39, 0.29) is 0 Å². The van der Waals surface area contributed by atoms with Crippen LogP contribution in [-0.4, -0.2) is 11.1 Å². The predicted octanol–water partition coefficient (Wildman–Crippen LogP) is 4.14. The smallest absolute Gasteiger partial charge is 0.345 e. The third-order valence-corrected chi connectivity index (χ3v) is 3.01. The van der Waals surface area contributed by atoms with Crippen LogP contribution in [0.2, 0.25) is 0 Å². The summed E-state index contributed by atoms with van der Waals surface area (Å²) >= 11 is 0. The van der Waals surface area contributed by atoms with Gasteiger partial charge in [-0.15, -0.1) is 0 Å². The minimum atomic E-state index is -1.26. The number of rotatable bonds is 1. The maximum absolute atomic E-state index is 9.61. The second-order valence-corrected chi connectivity index (χ2v) is 4.44. The lowest BCUT2D eigenvalue weighted by Crippen LogP contribution is -1.94. The lowest BCUT2D eigenvalue weighted by molar-refractivity contribution is -0.132. The molecule has 3 aromatic carbocycles. The normalized spacial score (nSPS) is 9.48. The second-order valence-electron chi connectivity index (χ2n) is 4.44. The molecule has 0 amide bonds. The Morgan fingerprint density at radius 3 is 1.43 bits per heavy atom. The number of benzene rings is 3. The number of hydrogen-bond acceptors (Lipinski definition) is 2. The fraction of sp³-hybridized carbons (Fsp3) is 0. The van der Waals surface area contributed by atoms with Crippen molar-refractivity contribution in [3.8, 4) is 6.07 Å². The molecule has 0 saturated carbocycles. The van der Waals surface area contributed by atoms with Crippen LogP contribution < -0.4 is 0 Å². The lowest BCUT2D eigenvalue weighted by atomic mass is 10.0. The van der Waals surface area contributed by atoms with Crippen molar-refractivity contribution >= 4 is 27.5 Å². The molecule has 3 heteroatoms. The molecule has 0 heterocycles. The van der Waals surface area contributed by atoms with Crippen molar-refractivity contribution in [2.75, 3.05) is 0 Å². The molecule has 21 heavy (non-hydrogen) atoms. The summed E-state index contributed by atoms with van der Waals surface area (Å²) in [7, 11) is 0. The molecule has 0 aromatic heterocycles. The van der Waals surface area contributed by atoms with Crippen molar-refractivity contribution < 1.29 is 9.90 Å². The number of carboxylic acid groups (broad SMARTS) is 1. The van der Waals surface area contributed by atoms with Crippen molar-refractivity contribution in [2.45, 2.75) is 0 Å². The van der Waals surface area contributed by atoms with E-state index < -0.39 is 11.5 Å². The lowest BCUT2D eigenvalue weighted by Gasteiger charge is -2.00. The fourth-order valence-corrected chi connectivity index (χ4v) is 1.93. The largest absolute Gasteiger partial charge is 0.477 e. The van der Waals surface area contributed by atoms with Gasteiger partial charge in [0, 0.05) is 0 Å². The summed E-state index contributed by atoms with van der Waals surface area (Å²) < 4.78 is 0. The third-order valence-electron chi connectivity index (χ3n) is 3.01. The zero-order chi connectivity index (χ0) is 15.2. The summed E-state index contributed by atoms with van der Waals surface area (Å²) in [4.78, 5) is 9.61. The maximum Gasteiger partial charge on any atom is 0.345 e. The first-order chi connectivity index (χ1) is 10.1. The highest BCUT2D eigenvalue weighted by Crippen LogP contribution is 2.21. The van der Waals surface area contributed by atoms with Crippen LogP contribution in [-0.2, 0) is 4.79 Å². The topological polar surface area (TPSA) is 61.1 Å². The molecule has 0 unspecified atom stereocenters. The summed E-state index contributed by atoms with van der Waals surface area (Å²) in [6.07, 6.45) is 0. The van der Waals surface area contributed by atoms with Gasteiger partial charge >= 0.3 is 5.97 Å². The Morgan fingerprint density at radius 2 is 1.24 bits per heavy atom. The minimum absolute atomic E-state index is 0.431. The Bertz CT molecular complexity index is 755. The average molecular weight is 275 g/mol. The first kappa shape index (κ1) is 14.3. The third kappa shape index (κ3) is 3.46. The number of nitrogens with zero attached hydrogens (tertiary/aromatic N) is 1. The molecule has 3 aromatic rings. The Balaban J connectivity index is 0.000000199.